The molecular weight excluding hydrogens is 388 g/mol. The van der Waals surface area contributed by atoms with Gasteiger partial charge in [0.1, 0.15) is 0 Å². The number of nitrogens with zero attached hydrogens (tertiary/aromatic N) is 4. The molecule has 0 spiro atoms. The molecule has 0 unspecified atom stereocenters. The molecule has 7 nitrogen and oxygen atoms in total. The Labute approximate surface area is 166 Å². The van der Waals surface area contributed by atoms with Gasteiger partial charge in [0.25, 0.3) is 5.56 Å². The number of fused-ring (bicyclic) bond motifs is 1. The summed E-state index contributed by atoms with van der Waals surface area (Å²) in [5.41, 5.74) is 0.447. The van der Waals surface area contributed by atoms with Crippen LogP contribution < -0.4 is 5.56 Å². The second-order valence-corrected chi connectivity index (χ2v) is 7.38. The highest BCUT2D eigenvalue weighted by Gasteiger charge is 2.14. The van der Waals surface area contributed by atoms with Crippen molar-refractivity contribution in [3.05, 3.63) is 45.3 Å². The molecule has 0 aliphatic rings. The van der Waals surface area contributed by atoms with Crippen molar-refractivity contribution < 1.29 is 9.26 Å². The van der Waals surface area contributed by atoms with Crippen LogP contribution in [-0.2, 0) is 23.5 Å². The molecule has 0 radical (unpaired) electrons. The Morgan fingerprint density at radius 3 is 2.96 bits per heavy atom. The number of thioether (sulfide) groups is 1. The van der Waals surface area contributed by atoms with E-state index < -0.39 is 0 Å². The Kier molecular flexibility index (Phi) is 6.87. The molecule has 0 atom stereocenters. The molecule has 27 heavy (non-hydrogen) atoms. The zero-order valence-corrected chi connectivity index (χ0v) is 16.8. The third kappa shape index (κ3) is 4.88. The summed E-state index contributed by atoms with van der Waals surface area (Å²) < 4.78 is 12.0. The summed E-state index contributed by atoms with van der Waals surface area (Å²) in [6.07, 6.45) is 2.90. The number of rotatable bonds is 9. The topological polar surface area (TPSA) is 83.0 Å². The molecule has 144 valence electrons. The third-order valence-corrected chi connectivity index (χ3v) is 5.19. The minimum Gasteiger partial charge on any atom is -0.383 e. The Hall–Kier alpha value is -1.90. The Bertz CT molecular complexity index is 973. The maximum atomic E-state index is 12.9. The largest absolute Gasteiger partial charge is 0.383 e. The van der Waals surface area contributed by atoms with Gasteiger partial charge in [-0.05, 0) is 24.6 Å². The molecule has 0 fully saturated rings. The standard InChI is InChI=1S/C18H21ClN4O3S/c1-3-4-5-15-21-16(26-22-15)11-27-18-20-14-10-12(19)6-7-13(14)17(24)23(18)8-9-25-2/h6-7,10H,3-5,8-9,11H2,1-2H3. The minimum atomic E-state index is -0.120. The van der Waals surface area contributed by atoms with Crippen LogP contribution >= 0.6 is 23.4 Å². The highest BCUT2D eigenvalue weighted by molar-refractivity contribution is 7.98. The second-order valence-electron chi connectivity index (χ2n) is 6.00. The van der Waals surface area contributed by atoms with E-state index in [1.807, 2.05) is 0 Å². The number of benzene rings is 1. The van der Waals surface area contributed by atoms with Crippen molar-refractivity contribution in [1.82, 2.24) is 19.7 Å². The number of aromatic nitrogens is 4. The molecule has 3 rings (SSSR count). The van der Waals surface area contributed by atoms with E-state index in [0.717, 1.165) is 19.3 Å². The van der Waals surface area contributed by atoms with Crippen LogP contribution in [0, 0.1) is 0 Å². The molecule has 0 aliphatic heterocycles. The number of halogens is 1. The zero-order valence-electron chi connectivity index (χ0n) is 15.3. The molecule has 9 heteroatoms. The minimum absolute atomic E-state index is 0.120. The maximum Gasteiger partial charge on any atom is 0.262 e. The molecule has 0 N–H and O–H groups in total. The van der Waals surface area contributed by atoms with Crippen LogP contribution in [0.3, 0.4) is 0 Å². The first-order valence-corrected chi connectivity index (χ1v) is 10.1. The van der Waals surface area contributed by atoms with Crippen LogP contribution in [0.25, 0.3) is 10.9 Å². The number of hydrogen-bond acceptors (Lipinski definition) is 7. The van der Waals surface area contributed by atoms with E-state index in [1.165, 1.54) is 11.8 Å². The first kappa shape index (κ1) is 19.9. The lowest BCUT2D eigenvalue weighted by Gasteiger charge is -2.12. The van der Waals surface area contributed by atoms with E-state index in [1.54, 1.807) is 29.9 Å². The summed E-state index contributed by atoms with van der Waals surface area (Å²) in [5.74, 6) is 1.66. The van der Waals surface area contributed by atoms with Crippen molar-refractivity contribution in [3.63, 3.8) is 0 Å². The SMILES string of the molecule is CCCCc1noc(CSc2nc3cc(Cl)ccc3c(=O)n2CCOC)n1. The smallest absolute Gasteiger partial charge is 0.262 e. The Morgan fingerprint density at radius 1 is 1.33 bits per heavy atom. The highest BCUT2D eigenvalue weighted by Crippen LogP contribution is 2.23. The van der Waals surface area contributed by atoms with Crippen LogP contribution in [0.4, 0.5) is 0 Å². The van der Waals surface area contributed by atoms with Crippen molar-refractivity contribution in [1.29, 1.82) is 0 Å². The zero-order chi connectivity index (χ0) is 19.2. The number of hydrogen-bond donors (Lipinski definition) is 0. The fourth-order valence-electron chi connectivity index (χ4n) is 2.58. The average molecular weight is 409 g/mol. The second kappa shape index (κ2) is 9.34. The summed E-state index contributed by atoms with van der Waals surface area (Å²) in [4.78, 5) is 21.9. The van der Waals surface area contributed by atoms with Crippen LogP contribution in [0.5, 0.6) is 0 Å². The van der Waals surface area contributed by atoms with E-state index in [0.29, 0.717) is 51.7 Å². The predicted octanol–water partition coefficient (Wildman–Crippen LogP) is 3.71. The Morgan fingerprint density at radius 2 is 2.19 bits per heavy atom. The first-order valence-electron chi connectivity index (χ1n) is 8.75. The normalized spacial score (nSPS) is 11.4. The maximum absolute atomic E-state index is 12.9. The predicted molar refractivity (Wildman–Crippen MR) is 105 cm³/mol. The number of methoxy groups -OCH3 is 1. The number of aryl methyl sites for hydroxylation is 1. The molecule has 3 aromatic rings. The van der Waals surface area contributed by atoms with E-state index >= 15 is 0 Å². The van der Waals surface area contributed by atoms with Crippen molar-refractivity contribution >= 4 is 34.3 Å². The average Bonchev–Trinajstić information content (AvgIpc) is 3.11. The van der Waals surface area contributed by atoms with Gasteiger partial charge in [-0.25, -0.2) is 4.98 Å². The highest BCUT2D eigenvalue weighted by atomic mass is 35.5. The van der Waals surface area contributed by atoms with E-state index in [9.17, 15) is 4.79 Å². The first-order chi connectivity index (χ1) is 13.1. The lowest BCUT2D eigenvalue weighted by molar-refractivity contribution is 0.183. The fourth-order valence-corrected chi connectivity index (χ4v) is 3.60. The number of unbranched alkanes of at least 4 members (excludes halogenated alkanes) is 1. The van der Waals surface area contributed by atoms with Crippen LogP contribution in [0.1, 0.15) is 31.5 Å². The Balaban J connectivity index is 1.87. The monoisotopic (exact) mass is 408 g/mol. The molecule has 0 bridgehead atoms. The van der Waals surface area contributed by atoms with Gasteiger partial charge in [0.2, 0.25) is 5.89 Å². The summed E-state index contributed by atoms with van der Waals surface area (Å²) >= 11 is 7.43. The van der Waals surface area contributed by atoms with Gasteiger partial charge in [0, 0.05) is 18.6 Å². The lowest BCUT2D eigenvalue weighted by atomic mass is 10.2. The van der Waals surface area contributed by atoms with Gasteiger partial charge in [-0.15, -0.1) is 0 Å². The fraction of sp³-hybridized carbons (Fsp3) is 0.444. The van der Waals surface area contributed by atoms with Gasteiger partial charge in [0.15, 0.2) is 11.0 Å². The molecule has 2 heterocycles. The molecular formula is C18H21ClN4O3S. The molecule has 0 aliphatic carbocycles. The van der Waals surface area contributed by atoms with Gasteiger partial charge in [-0.1, -0.05) is 41.9 Å². The summed E-state index contributed by atoms with van der Waals surface area (Å²) in [6.45, 7) is 2.94. The summed E-state index contributed by atoms with van der Waals surface area (Å²) in [7, 11) is 1.60. The summed E-state index contributed by atoms with van der Waals surface area (Å²) in [6, 6.07) is 5.08. The van der Waals surface area contributed by atoms with Crippen molar-refractivity contribution in [3.8, 4) is 0 Å². The van der Waals surface area contributed by atoms with Gasteiger partial charge in [-0.2, -0.15) is 4.98 Å². The van der Waals surface area contributed by atoms with Crippen LogP contribution in [-0.4, -0.2) is 33.4 Å². The van der Waals surface area contributed by atoms with Crippen molar-refractivity contribution in [2.24, 2.45) is 0 Å². The van der Waals surface area contributed by atoms with Gasteiger partial charge in [0.05, 0.1) is 29.8 Å². The van der Waals surface area contributed by atoms with E-state index in [2.05, 4.69) is 22.0 Å². The van der Waals surface area contributed by atoms with Gasteiger partial charge < -0.3 is 9.26 Å². The molecule has 0 saturated heterocycles. The van der Waals surface area contributed by atoms with E-state index in [4.69, 9.17) is 20.9 Å². The van der Waals surface area contributed by atoms with Crippen LogP contribution in [0.2, 0.25) is 5.02 Å². The third-order valence-electron chi connectivity index (χ3n) is 3.99. The van der Waals surface area contributed by atoms with E-state index in [-0.39, 0.29) is 5.56 Å². The van der Waals surface area contributed by atoms with Gasteiger partial charge >= 0.3 is 0 Å². The van der Waals surface area contributed by atoms with Crippen molar-refractivity contribution in [2.75, 3.05) is 13.7 Å². The molecule has 0 amide bonds. The molecule has 1 aromatic carbocycles. The lowest BCUT2D eigenvalue weighted by Crippen LogP contribution is -2.25. The quantitative estimate of drug-likeness (QED) is 0.394. The van der Waals surface area contributed by atoms with Crippen molar-refractivity contribution in [2.45, 2.75) is 43.6 Å². The molecule has 0 saturated carbocycles. The summed E-state index contributed by atoms with van der Waals surface area (Å²) in [5, 5.41) is 5.63. The molecule has 2 aromatic heterocycles. The number of ether oxygens (including phenoxy) is 1. The van der Waals surface area contributed by atoms with Crippen LogP contribution in [0.15, 0.2) is 32.7 Å². The van der Waals surface area contributed by atoms with Gasteiger partial charge in [-0.3, -0.25) is 9.36 Å².